The number of aromatic carboxylic acids is 1. The van der Waals surface area contributed by atoms with Gasteiger partial charge in [-0.25, -0.2) is 13.9 Å². The number of aromatic nitrogens is 3. The average Bonchev–Trinajstić information content (AvgIpc) is 2.82. The van der Waals surface area contributed by atoms with Crippen LogP contribution in [0.25, 0.3) is 0 Å². The van der Waals surface area contributed by atoms with Gasteiger partial charge in [0.25, 0.3) is 0 Å². The minimum absolute atomic E-state index is 0.114. The summed E-state index contributed by atoms with van der Waals surface area (Å²) in [7, 11) is 0. The number of hydrogen-bond donors (Lipinski definition) is 2. The number of carboxylic acid groups (broad SMARTS) is 1. The van der Waals surface area contributed by atoms with Crippen LogP contribution in [0, 0.1) is 5.82 Å². The average molecular weight is 299 g/mol. The molecule has 1 aromatic heterocycles. The van der Waals surface area contributed by atoms with E-state index in [0.717, 1.165) is 16.9 Å². The first-order valence-electron chi connectivity index (χ1n) is 5.34. The number of nitrogens with one attached hydrogen (secondary N) is 1. The first kappa shape index (κ1) is 13.9. The number of rotatable bonds is 4. The third-order valence-electron chi connectivity index (χ3n) is 2.27. The minimum atomic E-state index is -1.23. The van der Waals surface area contributed by atoms with Crippen molar-refractivity contribution in [2.24, 2.45) is 0 Å². The van der Waals surface area contributed by atoms with Crippen molar-refractivity contribution in [2.45, 2.75) is 6.54 Å². The molecule has 1 heterocycles. The predicted octanol–water partition coefficient (Wildman–Crippen LogP) is 1.41. The first-order valence-corrected chi connectivity index (χ1v) is 5.72. The molecule has 2 aromatic rings. The molecule has 104 valence electrons. The van der Waals surface area contributed by atoms with Crippen molar-refractivity contribution in [1.29, 1.82) is 0 Å². The van der Waals surface area contributed by atoms with E-state index in [0.29, 0.717) is 5.69 Å². The highest BCUT2D eigenvalue weighted by Gasteiger charge is 2.11. The number of carbonyl (C=O) groups is 2. The molecule has 0 radical (unpaired) electrons. The van der Waals surface area contributed by atoms with Crippen LogP contribution in [-0.2, 0) is 11.3 Å². The zero-order chi connectivity index (χ0) is 14.7. The van der Waals surface area contributed by atoms with Crippen molar-refractivity contribution in [1.82, 2.24) is 15.0 Å². The molecule has 20 heavy (non-hydrogen) atoms. The first-order chi connectivity index (χ1) is 9.45. The van der Waals surface area contributed by atoms with Crippen LogP contribution in [0.5, 0.6) is 0 Å². The maximum absolute atomic E-state index is 12.9. The van der Waals surface area contributed by atoms with Crippen molar-refractivity contribution >= 4 is 29.2 Å². The Hall–Kier alpha value is -2.48. The predicted molar refractivity (Wildman–Crippen MR) is 67.0 cm³/mol. The van der Waals surface area contributed by atoms with E-state index in [4.69, 9.17) is 16.7 Å². The fourth-order valence-corrected chi connectivity index (χ4v) is 1.58. The van der Waals surface area contributed by atoms with E-state index >= 15 is 0 Å². The molecule has 0 bridgehead atoms. The van der Waals surface area contributed by atoms with Crippen LogP contribution in [0.15, 0.2) is 24.4 Å². The molecule has 2 rings (SSSR count). The molecule has 2 N–H and O–H groups in total. The Kier molecular flexibility index (Phi) is 3.94. The van der Waals surface area contributed by atoms with Gasteiger partial charge in [-0.3, -0.25) is 4.79 Å². The van der Waals surface area contributed by atoms with E-state index in [2.05, 4.69) is 15.6 Å². The lowest BCUT2D eigenvalue weighted by atomic mass is 10.3. The van der Waals surface area contributed by atoms with E-state index in [1.807, 2.05) is 0 Å². The summed E-state index contributed by atoms with van der Waals surface area (Å²) in [5.74, 6) is -2.30. The number of carboxylic acids is 1. The number of amides is 1. The minimum Gasteiger partial charge on any atom is -0.476 e. The third kappa shape index (κ3) is 3.29. The van der Waals surface area contributed by atoms with Crippen LogP contribution in [0.4, 0.5) is 10.1 Å². The normalized spacial score (nSPS) is 10.3. The van der Waals surface area contributed by atoms with Crippen molar-refractivity contribution in [2.75, 3.05) is 5.32 Å². The number of halogens is 2. The van der Waals surface area contributed by atoms with Gasteiger partial charge in [0.05, 0.1) is 11.2 Å². The van der Waals surface area contributed by atoms with Crippen molar-refractivity contribution < 1.29 is 19.1 Å². The second kappa shape index (κ2) is 5.66. The van der Waals surface area contributed by atoms with Crippen LogP contribution < -0.4 is 5.32 Å². The topological polar surface area (TPSA) is 97.1 Å². The molecular weight excluding hydrogens is 291 g/mol. The SMILES string of the molecule is O=C(Cn1cc(C(=O)O)nn1)Nc1ccc(F)c(Cl)c1. The van der Waals surface area contributed by atoms with Gasteiger partial charge in [0.2, 0.25) is 5.91 Å². The molecule has 0 aliphatic rings. The van der Waals surface area contributed by atoms with Crippen LogP contribution in [0.2, 0.25) is 5.02 Å². The van der Waals surface area contributed by atoms with Gasteiger partial charge >= 0.3 is 5.97 Å². The maximum Gasteiger partial charge on any atom is 0.358 e. The van der Waals surface area contributed by atoms with Gasteiger partial charge in [-0.05, 0) is 18.2 Å². The molecule has 0 spiro atoms. The van der Waals surface area contributed by atoms with Gasteiger partial charge in [-0.2, -0.15) is 0 Å². The summed E-state index contributed by atoms with van der Waals surface area (Å²) in [6.07, 6.45) is 1.12. The lowest BCUT2D eigenvalue weighted by molar-refractivity contribution is -0.116. The second-order valence-electron chi connectivity index (χ2n) is 3.78. The molecule has 7 nitrogen and oxygen atoms in total. The lowest BCUT2D eigenvalue weighted by Crippen LogP contribution is -2.19. The highest BCUT2D eigenvalue weighted by molar-refractivity contribution is 6.31. The Bertz CT molecular complexity index is 673. The number of nitrogens with zero attached hydrogens (tertiary/aromatic N) is 3. The van der Waals surface area contributed by atoms with Gasteiger partial charge in [0.15, 0.2) is 5.69 Å². The quantitative estimate of drug-likeness (QED) is 0.889. The lowest BCUT2D eigenvalue weighted by Gasteiger charge is -2.05. The second-order valence-corrected chi connectivity index (χ2v) is 4.19. The van der Waals surface area contributed by atoms with Crippen LogP contribution in [-0.4, -0.2) is 32.0 Å². The zero-order valence-corrected chi connectivity index (χ0v) is 10.6. The maximum atomic E-state index is 12.9. The number of anilines is 1. The molecule has 0 saturated carbocycles. The van der Waals surface area contributed by atoms with Gasteiger partial charge in [-0.1, -0.05) is 16.8 Å². The van der Waals surface area contributed by atoms with Gasteiger partial charge in [0.1, 0.15) is 12.4 Å². The number of benzene rings is 1. The molecular formula is C11H8ClFN4O3. The van der Waals surface area contributed by atoms with Crippen molar-refractivity contribution in [3.63, 3.8) is 0 Å². The Morgan fingerprint density at radius 1 is 1.45 bits per heavy atom. The molecule has 9 heteroatoms. The standard InChI is InChI=1S/C11H8ClFN4O3/c12-7-3-6(1-2-8(7)13)14-10(18)5-17-4-9(11(19)20)15-16-17/h1-4H,5H2,(H,14,18)(H,19,20). The van der Waals surface area contributed by atoms with E-state index in [1.165, 1.54) is 12.1 Å². The zero-order valence-electron chi connectivity index (χ0n) is 9.88. The summed E-state index contributed by atoms with van der Waals surface area (Å²) in [6, 6.07) is 3.73. The summed E-state index contributed by atoms with van der Waals surface area (Å²) in [4.78, 5) is 22.3. The Labute approximate surface area is 117 Å². The third-order valence-corrected chi connectivity index (χ3v) is 2.56. The van der Waals surface area contributed by atoms with Crippen LogP contribution >= 0.6 is 11.6 Å². The molecule has 0 unspecified atom stereocenters. The number of hydrogen-bond acceptors (Lipinski definition) is 4. The van der Waals surface area contributed by atoms with Crippen molar-refractivity contribution in [3.05, 3.63) is 40.9 Å². The molecule has 0 fully saturated rings. The monoisotopic (exact) mass is 298 g/mol. The smallest absolute Gasteiger partial charge is 0.358 e. The summed E-state index contributed by atoms with van der Waals surface area (Å²) >= 11 is 5.58. The summed E-state index contributed by atoms with van der Waals surface area (Å²) in [5, 5.41) is 17.9. The van der Waals surface area contributed by atoms with Gasteiger partial charge in [-0.15, -0.1) is 5.10 Å². The fraction of sp³-hybridized carbons (Fsp3) is 0.0909. The van der Waals surface area contributed by atoms with Crippen LogP contribution in [0.3, 0.4) is 0 Å². The molecule has 1 aromatic carbocycles. The highest BCUT2D eigenvalue weighted by atomic mass is 35.5. The molecule has 0 atom stereocenters. The van der Waals surface area contributed by atoms with Gasteiger partial charge < -0.3 is 10.4 Å². The Morgan fingerprint density at radius 2 is 2.20 bits per heavy atom. The highest BCUT2D eigenvalue weighted by Crippen LogP contribution is 2.19. The summed E-state index contributed by atoms with van der Waals surface area (Å²) < 4.78 is 14.0. The fourth-order valence-electron chi connectivity index (χ4n) is 1.40. The Morgan fingerprint density at radius 3 is 2.80 bits per heavy atom. The summed E-state index contributed by atoms with van der Waals surface area (Å²) in [5.41, 5.74) is 0.0580. The van der Waals surface area contributed by atoms with E-state index in [1.54, 1.807) is 0 Å². The summed E-state index contributed by atoms with van der Waals surface area (Å²) in [6.45, 7) is -0.227. The van der Waals surface area contributed by atoms with Crippen molar-refractivity contribution in [3.8, 4) is 0 Å². The van der Waals surface area contributed by atoms with E-state index in [9.17, 15) is 14.0 Å². The van der Waals surface area contributed by atoms with Crippen LogP contribution in [0.1, 0.15) is 10.5 Å². The molecule has 0 saturated heterocycles. The largest absolute Gasteiger partial charge is 0.476 e. The van der Waals surface area contributed by atoms with E-state index < -0.39 is 17.7 Å². The Balaban J connectivity index is 2.01. The molecule has 0 aliphatic carbocycles. The van der Waals surface area contributed by atoms with E-state index in [-0.39, 0.29) is 17.3 Å². The molecule has 0 aliphatic heterocycles. The number of carbonyl (C=O) groups excluding carboxylic acids is 1. The van der Waals surface area contributed by atoms with Gasteiger partial charge in [0, 0.05) is 5.69 Å². The molecule has 1 amide bonds.